The number of rotatable bonds is 6. The number of likely N-dealkylation sites (tertiary alicyclic amines) is 2. The Balaban J connectivity index is 1.54. The highest BCUT2D eigenvalue weighted by atomic mass is 19.4. The molecule has 0 spiro atoms. The van der Waals surface area contributed by atoms with E-state index in [4.69, 9.17) is 4.74 Å². The Morgan fingerprint density at radius 3 is 2.29 bits per heavy atom. The molecule has 2 heterocycles. The van der Waals surface area contributed by atoms with Gasteiger partial charge >= 0.3 is 12.3 Å². The molecule has 0 radical (unpaired) electrons. The summed E-state index contributed by atoms with van der Waals surface area (Å²) in [4.78, 5) is 28.8. The molecule has 2 aliphatic heterocycles. The van der Waals surface area contributed by atoms with Crippen molar-refractivity contribution in [3.8, 4) is 0 Å². The number of piperidine rings is 1. The molecule has 0 saturated carbocycles. The summed E-state index contributed by atoms with van der Waals surface area (Å²) >= 11 is 0. The van der Waals surface area contributed by atoms with Crippen LogP contribution in [0.25, 0.3) is 0 Å². The van der Waals surface area contributed by atoms with Crippen molar-refractivity contribution in [3.63, 3.8) is 0 Å². The Morgan fingerprint density at radius 2 is 1.74 bits per heavy atom. The van der Waals surface area contributed by atoms with Crippen molar-refractivity contribution in [2.24, 2.45) is 5.92 Å². The second-order valence-corrected chi connectivity index (χ2v) is 10.1. The van der Waals surface area contributed by atoms with Crippen LogP contribution in [-0.4, -0.2) is 71.8 Å². The number of hydrogen-bond donors (Lipinski definition) is 1. The molecule has 3 rings (SSSR count). The lowest BCUT2D eigenvalue weighted by Gasteiger charge is -2.48. The van der Waals surface area contributed by atoms with Crippen molar-refractivity contribution in [2.45, 2.75) is 70.3 Å². The Labute approximate surface area is 197 Å². The molecule has 0 aliphatic carbocycles. The van der Waals surface area contributed by atoms with Gasteiger partial charge in [-0.2, -0.15) is 13.2 Å². The van der Waals surface area contributed by atoms with E-state index in [0.29, 0.717) is 31.7 Å². The van der Waals surface area contributed by atoms with E-state index in [9.17, 15) is 27.2 Å². The zero-order valence-electron chi connectivity index (χ0n) is 19.8. The number of amides is 2. The van der Waals surface area contributed by atoms with Crippen molar-refractivity contribution in [2.75, 3.05) is 26.2 Å². The van der Waals surface area contributed by atoms with Crippen molar-refractivity contribution < 1.29 is 31.9 Å². The smallest absolute Gasteiger partial charge is 0.407 e. The van der Waals surface area contributed by atoms with Gasteiger partial charge in [0, 0.05) is 31.6 Å². The van der Waals surface area contributed by atoms with Crippen LogP contribution in [0, 0.1) is 11.7 Å². The molecule has 6 nitrogen and oxygen atoms in total. The minimum absolute atomic E-state index is 0.0313. The molecule has 10 heteroatoms. The molecule has 0 aromatic heterocycles. The summed E-state index contributed by atoms with van der Waals surface area (Å²) in [5.41, 5.74) is -0.341. The molecule has 1 atom stereocenters. The Morgan fingerprint density at radius 1 is 1.12 bits per heavy atom. The lowest BCUT2D eigenvalue weighted by Crippen LogP contribution is -2.63. The topological polar surface area (TPSA) is 61.9 Å². The van der Waals surface area contributed by atoms with Gasteiger partial charge in [-0.1, -0.05) is 18.2 Å². The first-order valence-electron chi connectivity index (χ1n) is 11.6. The number of carbonyl (C=O) groups is 2. The Bertz CT molecular complexity index is 858. The summed E-state index contributed by atoms with van der Waals surface area (Å²) in [7, 11) is 0. The van der Waals surface area contributed by atoms with Gasteiger partial charge in [0.05, 0.1) is 5.92 Å². The van der Waals surface area contributed by atoms with Gasteiger partial charge in [0.25, 0.3) is 0 Å². The van der Waals surface area contributed by atoms with Gasteiger partial charge in [0.2, 0.25) is 5.91 Å². The predicted molar refractivity (Wildman–Crippen MR) is 119 cm³/mol. The first-order valence-corrected chi connectivity index (χ1v) is 11.6. The highest BCUT2D eigenvalue weighted by molar-refractivity contribution is 5.79. The summed E-state index contributed by atoms with van der Waals surface area (Å²) in [6, 6.07) is 5.56. The number of hydrogen-bond acceptors (Lipinski definition) is 4. The number of nitrogens with one attached hydrogen (secondary N) is 1. The number of nitrogens with zero attached hydrogens (tertiary/aromatic N) is 2. The number of alkyl carbamates (subject to hydrolysis) is 1. The zero-order valence-corrected chi connectivity index (χ0v) is 19.8. The van der Waals surface area contributed by atoms with E-state index in [-0.39, 0.29) is 37.6 Å². The number of halogens is 4. The van der Waals surface area contributed by atoms with Crippen LogP contribution in [-0.2, 0) is 16.0 Å². The summed E-state index contributed by atoms with van der Waals surface area (Å²) in [5.74, 6) is -1.87. The molecule has 190 valence electrons. The minimum Gasteiger partial charge on any atom is -0.444 e. The third kappa shape index (κ3) is 7.32. The first-order chi connectivity index (χ1) is 15.8. The third-order valence-electron chi connectivity index (χ3n) is 6.29. The average Bonchev–Trinajstić information content (AvgIpc) is 2.66. The van der Waals surface area contributed by atoms with E-state index in [1.807, 2.05) is 4.90 Å². The van der Waals surface area contributed by atoms with Crippen molar-refractivity contribution in [1.29, 1.82) is 0 Å². The number of ether oxygens (including phenoxy) is 1. The lowest BCUT2D eigenvalue weighted by molar-refractivity contribution is -0.187. The molecular formula is C24H33F4N3O3. The maximum absolute atomic E-state index is 14.2. The number of benzene rings is 1. The monoisotopic (exact) mass is 487 g/mol. The van der Waals surface area contributed by atoms with Crippen molar-refractivity contribution in [3.05, 3.63) is 35.6 Å². The molecule has 2 fully saturated rings. The molecular weight excluding hydrogens is 454 g/mol. The molecule has 1 N–H and O–H groups in total. The number of alkyl halides is 3. The Hall–Kier alpha value is -2.36. The number of carbonyl (C=O) groups excluding carboxylic acids is 2. The maximum atomic E-state index is 14.2. The van der Waals surface area contributed by atoms with Crippen molar-refractivity contribution in [1.82, 2.24) is 15.1 Å². The fourth-order valence-electron chi connectivity index (χ4n) is 4.40. The summed E-state index contributed by atoms with van der Waals surface area (Å²) in [6.45, 7) is 6.78. The maximum Gasteiger partial charge on any atom is 0.407 e. The van der Waals surface area contributed by atoms with Crippen LogP contribution >= 0.6 is 0 Å². The van der Waals surface area contributed by atoms with Crippen LogP contribution in [0.5, 0.6) is 0 Å². The SMILES string of the molecule is CC(C)(C)OC(=O)N[C@@H](CC(=O)N1CC(N2CCC(C(F)(F)F)CC2)C1)Cc1ccccc1F. The lowest BCUT2D eigenvalue weighted by atomic mass is 9.93. The fourth-order valence-corrected chi connectivity index (χ4v) is 4.40. The van der Waals surface area contributed by atoms with Gasteiger partial charge < -0.3 is 15.0 Å². The molecule has 2 amide bonds. The van der Waals surface area contributed by atoms with E-state index in [2.05, 4.69) is 5.32 Å². The van der Waals surface area contributed by atoms with Crippen LogP contribution in [0.3, 0.4) is 0 Å². The standard InChI is InChI=1S/C24H33F4N3O3/c1-23(2,3)34-22(33)29-18(12-16-6-4-5-7-20(16)25)13-21(32)31-14-19(15-31)30-10-8-17(9-11-30)24(26,27)28/h4-7,17-19H,8-15H2,1-3H3,(H,29,33)/t18-/m1/s1. The fraction of sp³-hybridized carbons (Fsp3) is 0.667. The zero-order chi connectivity index (χ0) is 25.1. The van der Waals surface area contributed by atoms with Crippen LogP contribution in [0.15, 0.2) is 24.3 Å². The highest BCUT2D eigenvalue weighted by Gasteiger charge is 2.44. The van der Waals surface area contributed by atoms with Crippen molar-refractivity contribution >= 4 is 12.0 Å². The summed E-state index contributed by atoms with van der Waals surface area (Å²) in [5, 5.41) is 2.68. The van der Waals surface area contributed by atoms with Gasteiger partial charge in [0.15, 0.2) is 0 Å². The largest absolute Gasteiger partial charge is 0.444 e. The van der Waals surface area contributed by atoms with E-state index < -0.39 is 35.6 Å². The van der Waals surface area contributed by atoms with Gasteiger partial charge in [-0.25, -0.2) is 9.18 Å². The molecule has 0 unspecified atom stereocenters. The molecule has 2 aliphatic rings. The molecule has 2 saturated heterocycles. The first kappa shape index (κ1) is 26.2. The molecule has 1 aromatic carbocycles. The minimum atomic E-state index is -4.15. The molecule has 34 heavy (non-hydrogen) atoms. The molecule has 0 bridgehead atoms. The Kier molecular flexibility index (Phi) is 8.10. The van der Waals surface area contributed by atoms with Gasteiger partial charge in [-0.3, -0.25) is 9.69 Å². The summed E-state index contributed by atoms with van der Waals surface area (Å²) < 4.78 is 58.1. The van der Waals surface area contributed by atoms with E-state index in [1.165, 1.54) is 6.07 Å². The van der Waals surface area contributed by atoms with Crippen LogP contribution in [0.2, 0.25) is 0 Å². The van der Waals surface area contributed by atoms with Gasteiger partial charge in [-0.05, 0) is 64.8 Å². The molecule has 1 aromatic rings. The third-order valence-corrected chi connectivity index (χ3v) is 6.29. The normalized spacial score (nSPS) is 19.4. The van der Waals surface area contributed by atoms with Gasteiger partial charge in [-0.15, -0.1) is 0 Å². The van der Waals surface area contributed by atoms with Crippen LogP contribution in [0.1, 0.15) is 45.6 Å². The second kappa shape index (κ2) is 10.5. The van der Waals surface area contributed by atoms with E-state index in [0.717, 1.165) is 0 Å². The highest BCUT2D eigenvalue weighted by Crippen LogP contribution is 2.35. The van der Waals surface area contributed by atoms with Gasteiger partial charge in [0.1, 0.15) is 11.4 Å². The van der Waals surface area contributed by atoms with E-state index in [1.54, 1.807) is 43.9 Å². The second-order valence-electron chi connectivity index (χ2n) is 10.1. The average molecular weight is 488 g/mol. The predicted octanol–water partition coefficient (Wildman–Crippen LogP) is 4.14. The van der Waals surface area contributed by atoms with Crippen LogP contribution in [0.4, 0.5) is 22.4 Å². The van der Waals surface area contributed by atoms with E-state index >= 15 is 0 Å². The quantitative estimate of drug-likeness (QED) is 0.613. The summed E-state index contributed by atoms with van der Waals surface area (Å²) in [6.07, 6.45) is -4.58. The van der Waals surface area contributed by atoms with Crippen LogP contribution < -0.4 is 5.32 Å².